The van der Waals surface area contributed by atoms with Gasteiger partial charge < -0.3 is 10.1 Å². The third-order valence-corrected chi connectivity index (χ3v) is 3.04. The second kappa shape index (κ2) is 4.73. The SMILES string of the molecule is N#CC1(Nc2ccc(Cl)cc2)CCOCC1. The molecule has 4 heteroatoms. The lowest BCUT2D eigenvalue weighted by Crippen LogP contribution is -2.42. The molecule has 0 aliphatic carbocycles. The third-order valence-electron chi connectivity index (χ3n) is 2.79. The van der Waals surface area contributed by atoms with Crippen LogP contribution in [-0.2, 0) is 4.74 Å². The maximum absolute atomic E-state index is 9.26. The lowest BCUT2D eigenvalue weighted by atomic mass is 9.91. The Bertz CT molecular complexity index is 390. The molecule has 0 amide bonds. The van der Waals surface area contributed by atoms with E-state index < -0.39 is 5.54 Å². The van der Waals surface area contributed by atoms with Gasteiger partial charge in [-0.1, -0.05) is 11.6 Å². The van der Waals surface area contributed by atoms with E-state index in [0.717, 1.165) is 5.69 Å². The molecule has 3 nitrogen and oxygen atoms in total. The van der Waals surface area contributed by atoms with Crippen LogP contribution in [0.15, 0.2) is 24.3 Å². The summed E-state index contributed by atoms with van der Waals surface area (Å²) in [5.41, 5.74) is 0.430. The van der Waals surface area contributed by atoms with Crippen LogP contribution in [0.5, 0.6) is 0 Å². The predicted octanol–water partition coefficient (Wildman–Crippen LogP) is 2.82. The highest BCUT2D eigenvalue weighted by atomic mass is 35.5. The van der Waals surface area contributed by atoms with E-state index in [2.05, 4.69) is 11.4 Å². The molecule has 1 aromatic carbocycles. The average molecular weight is 237 g/mol. The number of nitrogens with zero attached hydrogens (tertiary/aromatic N) is 1. The zero-order valence-electron chi connectivity index (χ0n) is 8.87. The standard InChI is InChI=1S/C12H13ClN2O/c13-10-1-3-11(4-2-10)15-12(9-14)5-7-16-8-6-12/h1-4,15H,5-8H2. The highest BCUT2D eigenvalue weighted by Crippen LogP contribution is 2.26. The number of halogens is 1. The first kappa shape index (κ1) is 11.3. The monoisotopic (exact) mass is 236 g/mol. The fourth-order valence-corrected chi connectivity index (χ4v) is 1.92. The number of nitriles is 1. The lowest BCUT2D eigenvalue weighted by molar-refractivity contribution is 0.0753. The van der Waals surface area contributed by atoms with Crippen LogP contribution in [-0.4, -0.2) is 18.8 Å². The number of rotatable bonds is 2. The largest absolute Gasteiger partial charge is 0.381 e. The Labute approximate surface area is 100.0 Å². The molecular weight excluding hydrogens is 224 g/mol. The van der Waals surface area contributed by atoms with Gasteiger partial charge in [0.05, 0.1) is 6.07 Å². The predicted molar refractivity (Wildman–Crippen MR) is 63.5 cm³/mol. The van der Waals surface area contributed by atoms with Crippen molar-refractivity contribution in [3.05, 3.63) is 29.3 Å². The molecule has 16 heavy (non-hydrogen) atoms. The molecule has 1 aromatic rings. The number of anilines is 1. The molecule has 0 bridgehead atoms. The maximum atomic E-state index is 9.26. The Morgan fingerprint density at radius 3 is 2.44 bits per heavy atom. The van der Waals surface area contributed by atoms with E-state index >= 15 is 0 Å². The van der Waals surface area contributed by atoms with E-state index in [1.165, 1.54) is 0 Å². The van der Waals surface area contributed by atoms with E-state index in [-0.39, 0.29) is 0 Å². The Balaban J connectivity index is 2.12. The summed E-state index contributed by atoms with van der Waals surface area (Å²) in [6.07, 6.45) is 1.43. The maximum Gasteiger partial charge on any atom is 0.129 e. The lowest BCUT2D eigenvalue weighted by Gasteiger charge is -2.32. The molecule has 1 saturated heterocycles. The summed E-state index contributed by atoms with van der Waals surface area (Å²) < 4.78 is 5.27. The summed E-state index contributed by atoms with van der Waals surface area (Å²) in [5, 5.41) is 13.2. The molecule has 1 aliphatic heterocycles. The Morgan fingerprint density at radius 1 is 1.25 bits per heavy atom. The molecule has 0 atom stereocenters. The Kier molecular flexibility index (Phi) is 3.33. The van der Waals surface area contributed by atoms with Gasteiger partial charge in [-0.2, -0.15) is 5.26 Å². The molecule has 2 rings (SSSR count). The highest BCUT2D eigenvalue weighted by molar-refractivity contribution is 6.30. The molecule has 1 N–H and O–H groups in total. The summed E-state index contributed by atoms with van der Waals surface area (Å²) in [5.74, 6) is 0. The van der Waals surface area contributed by atoms with Gasteiger partial charge in [-0.05, 0) is 24.3 Å². The van der Waals surface area contributed by atoms with Crippen molar-refractivity contribution in [3.63, 3.8) is 0 Å². The zero-order valence-corrected chi connectivity index (χ0v) is 9.63. The van der Waals surface area contributed by atoms with Crippen LogP contribution >= 0.6 is 11.6 Å². The van der Waals surface area contributed by atoms with Gasteiger partial charge >= 0.3 is 0 Å². The van der Waals surface area contributed by atoms with E-state index in [4.69, 9.17) is 16.3 Å². The van der Waals surface area contributed by atoms with Crippen LogP contribution < -0.4 is 5.32 Å². The fraction of sp³-hybridized carbons (Fsp3) is 0.417. The van der Waals surface area contributed by atoms with Crippen LogP contribution in [0, 0.1) is 11.3 Å². The summed E-state index contributed by atoms with van der Waals surface area (Å²) in [6, 6.07) is 9.76. The summed E-state index contributed by atoms with van der Waals surface area (Å²) >= 11 is 5.81. The first-order valence-corrected chi connectivity index (χ1v) is 5.65. The molecular formula is C12H13ClN2O. The van der Waals surface area contributed by atoms with Crippen molar-refractivity contribution in [2.45, 2.75) is 18.4 Å². The number of nitrogens with one attached hydrogen (secondary N) is 1. The molecule has 1 aliphatic rings. The molecule has 0 unspecified atom stereocenters. The quantitative estimate of drug-likeness (QED) is 0.859. The van der Waals surface area contributed by atoms with Gasteiger partial charge in [0.1, 0.15) is 5.54 Å². The molecule has 0 saturated carbocycles. The number of benzene rings is 1. The third kappa shape index (κ3) is 2.46. The van der Waals surface area contributed by atoms with Crippen LogP contribution in [0.1, 0.15) is 12.8 Å². The van der Waals surface area contributed by atoms with Crippen molar-refractivity contribution in [1.29, 1.82) is 5.26 Å². The van der Waals surface area contributed by atoms with Crippen LogP contribution in [0.3, 0.4) is 0 Å². The van der Waals surface area contributed by atoms with Gasteiger partial charge in [0.25, 0.3) is 0 Å². The number of ether oxygens (including phenoxy) is 1. The van der Waals surface area contributed by atoms with Crippen molar-refractivity contribution in [1.82, 2.24) is 0 Å². The zero-order chi connectivity index (χ0) is 11.4. The van der Waals surface area contributed by atoms with Crippen LogP contribution in [0.2, 0.25) is 5.02 Å². The number of hydrogen-bond acceptors (Lipinski definition) is 3. The normalized spacial score (nSPS) is 18.8. The Hall–Kier alpha value is -1.24. The van der Waals surface area contributed by atoms with Crippen LogP contribution in [0.25, 0.3) is 0 Å². The Morgan fingerprint density at radius 2 is 1.88 bits per heavy atom. The van der Waals surface area contributed by atoms with E-state index in [1.807, 2.05) is 24.3 Å². The van der Waals surface area contributed by atoms with Gasteiger partial charge in [-0.25, -0.2) is 0 Å². The van der Waals surface area contributed by atoms with Gasteiger partial charge in [-0.3, -0.25) is 0 Å². The van der Waals surface area contributed by atoms with Crippen LogP contribution in [0.4, 0.5) is 5.69 Å². The van der Waals surface area contributed by atoms with Crippen molar-refractivity contribution in [2.75, 3.05) is 18.5 Å². The highest BCUT2D eigenvalue weighted by Gasteiger charge is 2.32. The van der Waals surface area contributed by atoms with E-state index in [9.17, 15) is 5.26 Å². The molecule has 0 spiro atoms. The van der Waals surface area contributed by atoms with E-state index in [1.54, 1.807) is 0 Å². The topological polar surface area (TPSA) is 45.0 Å². The molecule has 1 fully saturated rings. The number of hydrogen-bond donors (Lipinski definition) is 1. The second-order valence-corrected chi connectivity index (χ2v) is 4.37. The first-order valence-electron chi connectivity index (χ1n) is 5.27. The van der Waals surface area contributed by atoms with Gasteiger partial charge in [0.15, 0.2) is 0 Å². The minimum absolute atomic E-state index is 0.494. The van der Waals surface area contributed by atoms with Gasteiger partial charge in [-0.15, -0.1) is 0 Å². The molecule has 1 heterocycles. The van der Waals surface area contributed by atoms with Crippen molar-refractivity contribution >= 4 is 17.3 Å². The fourth-order valence-electron chi connectivity index (χ4n) is 1.79. The smallest absolute Gasteiger partial charge is 0.129 e. The van der Waals surface area contributed by atoms with Crippen molar-refractivity contribution < 1.29 is 4.74 Å². The van der Waals surface area contributed by atoms with Crippen molar-refractivity contribution in [3.8, 4) is 6.07 Å². The van der Waals surface area contributed by atoms with Gasteiger partial charge in [0.2, 0.25) is 0 Å². The first-order chi connectivity index (χ1) is 7.74. The van der Waals surface area contributed by atoms with Gasteiger partial charge in [0, 0.05) is 36.8 Å². The molecule has 0 radical (unpaired) electrons. The van der Waals surface area contributed by atoms with Crippen molar-refractivity contribution in [2.24, 2.45) is 0 Å². The summed E-state index contributed by atoms with van der Waals surface area (Å²) in [7, 11) is 0. The average Bonchev–Trinajstić information content (AvgIpc) is 2.33. The molecule has 0 aromatic heterocycles. The minimum atomic E-state index is -0.494. The summed E-state index contributed by atoms with van der Waals surface area (Å²) in [6.45, 7) is 1.27. The summed E-state index contributed by atoms with van der Waals surface area (Å²) in [4.78, 5) is 0. The second-order valence-electron chi connectivity index (χ2n) is 3.94. The minimum Gasteiger partial charge on any atom is -0.381 e. The molecule has 84 valence electrons. The van der Waals surface area contributed by atoms with E-state index in [0.29, 0.717) is 31.1 Å².